The lowest BCUT2D eigenvalue weighted by molar-refractivity contribution is 0.908. The number of aryl methyl sites for hydroxylation is 1. The molecule has 0 spiro atoms. The molecular weight excluding hydrogens is 268 g/mol. The van der Waals surface area contributed by atoms with Crippen molar-refractivity contribution in [2.75, 3.05) is 0 Å². The van der Waals surface area contributed by atoms with Crippen molar-refractivity contribution >= 4 is 5.70 Å². The summed E-state index contributed by atoms with van der Waals surface area (Å²) in [5, 5.41) is 12.9. The van der Waals surface area contributed by atoms with E-state index in [2.05, 4.69) is 60.8 Å². The molecule has 0 aromatic heterocycles. The number of dihydropyridines is 1. The Morgan fingerprint density at radius 2 is 1.64 bits per heavy atom. The minimum atomic E-state index is 0.00190. The minimum Gasteiger partial charge on any atom is -0.358 e. The van der Waals surface area contributed by atoms with Gasteiger partial charge in [0.05, 0.1) is 11.6 Å². The lowest BCUT2D eigenvalue weighted by Gasteiger charge is -2.25. The zero-order chi connectivity index (χ0) is 15.5. The van der Waals surface area contributed by atoms with E-state index in [1.54, 1.807) is 0 Å². The van der Waals surface area contributed by atoms with Crippen LogP contribution in [0.15, 0.2) is 71.9 Å². The normalized spacial score (nSPS) is 17.5. The van der Waals surface area contributed by atoms with Crippen molar-refractivity contribution in [1.29, 1.82) is 5.26 Å². The average molecular weight is 286 g/mol. The molecule has 0 amide bonds. The van der Waals surface area contributed by atoms with Gasteiger partial charge in [0.2, 0.25) is 0 Å². The molecular formula is C20H18N2. The van der Waals surface area contributed by atoms with Crippen molar-refractivity contribution in [1.82, 2.24) is 5.32 Å². The molecule has 0 radical (unpaired) electrons. The Morgan fingerprint density at radius 1 is 0.955 bits per heavy atom. The van der Waals surface area contributed by atoms with E-state index in [4.69, 9.17) is 0 Å². The van der Waals surface area contributed by atoms with E-state index in [0.29, 0.717) is 0 Å². The number of benzene rings is 2. The molecule has 1 aliphatic heterocycles. The maximum Gasteiger partial charge on any atom is 0.0975 e. The molecule has 0 saturated carbocycles. The fourth-order valence-corrected chi connectivity index (χ4v) is 2.77. The molecule has 2 nitrogen and oxygen atoms in total. The van der Waals surface area contributed by atoms with Gasteiger partial charge in [-0.1, -0.05) is 60.2 Å². The summed E-state index contributed by atoms with van der Waals surface area (Å²) in [5.41, 5.74) is 6.28. The second-order valence-corrected chi connectivity index (χ2v) is 5.61. The quantitative estimate of drug-likeness (QED) is 0.881. The van der Waals surface area contributed by atoms with Crippen LogP contribution in [0.25, 0.3) is 5.70 Å². The van der Waals surface area contributed by atoms with Gasteiger partial charge in [-0.15, -0.1) is 0 Å². The smallest absolute Gasteiger partial charge is 0.0975 e. The van der Waals surface area contributed by atoms with E-state index in [-0.39, 0.29) is 5.92 Å². The zero-order valence-electron chi connectivity index (χ0n) is 12.8. The second-order valence-electron chi connectivity index (χ2n) is 5.61. The fourth-order valence-electron chi connectivity index (χ4n) is 2.77. The van der Waals surface area contributed by atoms with Gasteiger partial charge in [0, 0.05) is 17.3 Å². The topological polar surface area (TPSA) is 35.8 Å². The monoisotopic (exact) mass is 286 g/mol. The largest absolute Gasteiger partial charge is 0.358 e. The molecule has 2 heteroatoms. The number of nitrogens with one attached hydrogen (secondary N) is 1. The molecule has 0 bridgehead atoms. The summed E-state index contributed by atoms with van der Waals surface area (Å²) in [6, 6.07) is 21.0. The van der Waals surface area contributed by atoms with E-state index < -0.39 is 0 Å². The fraction of sp³-hybridized carbons (Fsp3) is 0.150. The van der Waals surface area contributed by atoms with Crippen LogP contribution in [-0.4, -0.2) is 0 Å². The van der Waals surface area contributed by atoms with Gasteiger partial charge < -0.3 is 5.32 Å². The number of rotatable bonds is 2. The SMILES string of the molecule is CC1=C(C#N)C(c2ccc(C)cc2)C=C(c2ccccc2)N1. The van der Waals surface area contributed by atoms with E-state index in [9.17, 15) is 5.26 Å². The van der Waals surface area contributed by atoms with E-state index in [1.807, 2.05) is 25.1 Å². The maximum absolute atomic E-state index is 9.53. The molecule has 1 aliphatic rings. The van der Waals surface area contributed by atoms with Crippen LogP contribution >= 0.6 is 0 Å². The van der Waals surface area contributed by atoms with Crippen LogP contribution in [-0.2, 0) is 0 Å². The van der Waals surface area contributed by atoms with Crippen molar-refractivity contribution in [3.8, 4) is 6.07 Å². The molecule has 1 unspecified atom stereocenters. The molecule has 1 heterocycles. The van der Waals surface area contributed by atoms with Crippen LogP contribution in [0.2, 0.25) is 0 Å². The lowest BCUT2D eigenvalue weighted by Crippen LogP contribution is -2.20. The van der Waals surface area contributed by atoms with Gasteiger partial charge in [-0.25, -0.2) is 0 Å². The first-order chi connectivity index (χ1) is 10.7. The van der Waals surface area contributed by atoms with Crippen molar-refractivity contribution in [2.45, 2.75) is 19.8 Å². The highest BCUT2D eigenvalue weighted by molar-refractivity contribution is 5.70. The van der Waals surface area contributed by atoms with E-state index in [0.717, 1.165) is 28.1 Å². The number of nitrogens with zero attached hydrogens (tertiary/aromatic N) is 1. The van der Waals surface area contributed by atoms with Crippen LogP contribution in [0, 0.1) is 18.3 Å². The van der Waals surface area contributed by atoms with Crippen molar-refractivity contribution in [3.05, 3.63) is 88.6 Å². The van der Waals surface area contributed by atoms with Crippen LogP contribution in [0.5, 0.6) is 0 Å². The lowest BCUT2D eigenvalue weighted by atomic mass is 9.86. The van der Waals surface area contributed by atoms with Crippen molar-refractivity contribution in [2.24, 2.45) is 0 Å². The molecule has 0 saturated heterocycles. The first-order valence-corrected chi connectivity index (χ1v) is 7.41. The van der Waals surface area contributed by atoms with Gasteiger partial charge in [-0.05, 0) is 31.1 Å². The molecule has 108 valence electrons. The highest BCUT2D eigenvalue weighted by Gasteiger charge is 2.23. The van der Waals surface area contributed by atoms with Gasteiger partial charge in [0.1, 0.15) is 0 Å². The summed E-state index contributed by atoms with van der Waals surface area (Å²) in [7, 11) is 0. The number of nitriles is 1. The Morgan fingerprint density at radius 3 is 2.27 bits per heavy atom. The Balaban J connectivity index is 2.07. The third-order valence-electron chi connectivity index (χ3n) is 4.01. The van der Waals surface area contributed by atoms with E-state index >= 15 is 0 Å². The second kappa shape index (κ2) is 5.91. The number of hydrogen-bond donors (Lipinski definition) is 1. The van der Waals surface area contributed by atoms with Crippen LogP contribution in [0.3, 0.4) is 0 Å². The Labute approximate surface area is 131 Å². The third-order valence-corrected chi connectivity index (χ3v) is 4.01. The van der Waals surface area contributed by atoms with Gasteiger partial charge in [-0.3, -0.25) is 0 Å². The van der Waals surface area contributed by atoms with Crippen LogP contribution in [0.4, 0.5) is 0 Å². The number of allylic oxidation sites excluding steroid dienone is 3. The highest BCUT2D eigenvalue weighted by atomic mass is 14.9. The molecule has 0 fully saturated rings. The molecule has 22 heavy (non-hydrogen) atoms. The summed E-state index contributed by atoms with van der Waals surface area (Å²) >= 11 is 0. The van der Waals surface area contributed by atoms with E-state index in [1.165, 1.54) is 5.56 Å². The molecule has 2 aromatic carbocycles. The first-order valence-electron chi connectivity index (χ1n) is 7.41. The van der Waals surface area contributed by atoms with Crippen molar-refractivity contribution < 1.29 is 0 Å². The Hall–Kier alpha value is -2.79. The van der Waals surface area contributed by atoms with Crippen molar-refractivity contribution in [3.63, 3.8) is 0 Å². The summed E-state index contributed by atoms with van der Waals surface area (Å²) in [6.07, 6.45) is 2.14. The third kappa shape index (κ3) is 2.66. The molecule has 3 rings (SSSR count). The highest BCUT2D eigenvalue weighted by Crippen LogP contribution is 2.34. The van der Waals surface area contributed by atoms with Gasteiger partial charge in [0.15, 0.2) is 0 Å². The molecule has 1 N–H and O–H groups in total. The summed E-state index contributed by atoms with van der Waals surface area (Å²) < 4.78 is 0. The predicted octanol–water partition coefficient (Wildman–Crippen LogP) is 4.52. The molecule has 1 atom stereocenters. The average Bonchev–Trinajstić information content (AvgIpc) is 2.55. The van der Waals surface area contributed by atoms with Gasteiger partial charge in [-0.2, -0.15) is 5.26 Å². The van der Waals surface area contributed by atoms with Gasteiger partial charge >= 0.3 is 0 Å². The minimum absolute atomic E-state index is 0.00190. The summed E-state index contributed by atoms with van der Waals surface area (Å²) in [6.45, 7) is 4.04. The predicted molar refractivity (Wildman–Crippen MR) is 89.8 cm³/mol. The maximum atomic E-state index is 9.53. The molecule has 0 aliphatic carbocycles. The Kier molecular flexibility index (Phi) is 3.80. The first kappa shape index (κ1) is 14.2. The number of hydrogen-bond acceptors (Lipinski definition) is 2. The van der Waals surface area contributed by atoms with Crippen LogP contribution in [0.1, 0.15) is 29.5 Å². The van der Waals surface area contributed by atoms with Crippen LogP contribution < -0.4 is 5.32 Å². The Bertz CT molecular complexity index is 775. The summed E-state index contributed by atoms with van der Waals surface area (Å²) in [4.78, 5) is 0. The summed E-state index contributed by atoms with van der Waals surface area (Å²) in [5.74, 6) is 0.00190. The zero-order valence-corrected chi connectivity index (χ0v) is 12.8. The van der Waals surface area contributed by atoms with Gasteiger partial charge in [0.25, 0.3) is 0 Å². The molecule has 2 aromatic rings. The standard InChI is InChI=1S/C20H18N2/c1-14-8-10-16(11-9-14)18-12-20(17-6-4-3-5-7-17)22-15(2)19(18)13-21/h3-12,18,22H,1-2H3.